The molecule has 0 saturated carbocycles. The smallest absolute Gasteiger partial charge is 0.258 e. The van der Waals surface area contributed by atoms with Crippen molar-refractivity contribution in [2.75, 3.05) is 26.7 Å². The Balaban J connectivity index is 1.99. The first-order valence-corrected chi connectivity index (χ1v) is 6.53. The zero-order chi connectivity index (χ0) is 13.7. The van der Waals surface area contributed by atoms with Crippen LogP contribution in [0.4, 0.5) is 4.39 Å². The van der Waals surface area contributed by atoms with E-state index >= 15 is 0 Å². The lowest BCUT2D eigenvalue weighted by molar-refractivity contribution is 0.0937. The van der Waals surface area contributed by atoms with Gasteiger partial charge in [-0.15, -0.1) is 0 Å². The van der Waals surface area contributed by atoms with Gasteiger partial charge in [-0.25, -0.2) is 4.39 Å². The first kappa shape index (κ1) is 13.8. The molecular formula is C14H19FN2O2. The minimum absolute atomic E-state index is 0.0149. The van der Waals surface area contributed by atoms with Crippen molar-refractivity contribution in [1.29, 1.82) is 0 Å². The predicted octanol–water partition coefficient (Wildman–Crippen LogP) is 1.56. The van der Waals surface area contributed by atoms with Gasteiger partial charge < -0.3 is 15.4 Å². The molecule has 0 unspecified atom stereocenters. The molecule has 0 atom stereocenters. The molecule has 1 saturated heterocycles. The average Bonchev–Trinajstić information content (AvgIpc) is 2.45. The summed E-state index contributed by atoms with van der Waals surface area (Å²) in [7, 11) is 1.43. The number of hydrogen-bond donors (Lipinski definition) is 2. The number of carbonyl (C=O) groups excluding carboxylic acids is 1. The monoisotopic (exact) mass is 266 g/mol. The van der Waals surface area contributed by atoms with Crippen LogP contribution in [-0.4, -0.2) is 32.7 Å². The van der Waals surface area contributed by atoms with Crippen LogP contribution in [0, 0.1) is 11.7 Å². The molecule has 1 aliphatic rings. The van der Waals surface area contributed by atoms with Gasteiger partial charge in [0.15, 0.2) is 0 Å². The van der Waals surface area contributed by atoms with Crippen molar-refractivity contribution in [3.05, 3.63) is 29.6 Å². The summed E-state index contributed by atoms with van der Waals surface area (Å²) in [6, 6.07) is 4.38. The highest BCUT2D eigenvalue weighted by Gasteiger charge is 2.19. The molecule has 1 fully saturated rings. The second-order valence-corrected chi connectivity index (χ2v) is 4.72. The zero-order valence-corrected chi connectivity index (χ0v) is 11.0. The van der Waals surface area contributed by atoms with Crippen molar-refractivity contribution in [2.45, 2.75) is 12.8 Å². The van der Waals surface area contributed by atoms with E-state index in [4.69, 9.17) is 4.74 Å². The SMILES string of the molecule is COc1cccc(F)c1C(=O)NCC1CCNCC1. The Morgan fingerprint density at radius 2 is 2.21 bits per heavy atom. The van der Waals surface area contributed by atoms with Crippen LogP contribution in [0.5, 0.6) is 5.75 Å². The van der Waals surface area contributed by atoms with Gasteiger partial charge in [-0.1, -0.05) is 6.07 Å². The summed E-state index contributed by atoms with van der Waals surface area (Å²) in [5.74, 6) is -0.235. The molecule has 19 heavy (non-hydrogen) atoms. The van der Waals surface area contributed by atoms with E-state index in [9.17, 15) is 9.18 Å². The average molecular weight is 266 g/mol. The van der Waals surface area contributed by atoms with Gasteiger partial charge in [0.25, 0.3) is 5.91 Å². The van der Waals surface area contributed by atoms with Crippen molar-refractivity contribution in [2.24, 2.45) is 5.92 Å². The van der Waals surface area contributed by atoms with Gasteiger partial charge >= 0.3 is 0 Å². The molecule has 1 aromatic rings. The molecule has 0 radical (unpaired) electrons. The molecule has 1 aliphatic heterocycles. The van der Waals surface area contributed by atoms with E-state index in [1.807, 2.05) is 0 Å². The summed E-state index contributed by atoms with van der Waals surface area (Å²) >= 11 is 0. The van der Waals surface area contributed by atoms with Gasteiger partial charge in [0, 0.05) is 6.54 Å². The van der Waals surface area contributed by atoms with Crippen LogP contribution < -0.4 is 15.4 Å². The first-order chi connectivity index (χ1) is 9.22. The molecule has 1 heterocycles. The maximum absolute atomic E-state index is 13.7. The fourth-order valence-electron chi connectivity index (χ4n) is 2.31. The normalized spacial score (nSPS) is 16.1. The molecule has 2 rings (SSSR count). The van der Waals surface area contributed by atoms with Crippen LogP contribution in [0.25, 0.3) is 0 Å². The molecule has 104 valence electrons. The van der Waals surface area contributed by atoms with Crippen LogP contribution in [0.3, 0.4) is 0 Å². The Labute approximate surface area is 112 Å². The molecular weight excluding hydrogens is 247 g/mol. The predicted molar refractivity (Wildman–Crippen MR) is 70.9 cm³/mol. The minimum atomic E-state index is -0.554. The molecule has 1 amide bonds. The van der Waals surface area contributed by atoms with Gasteiger partial charge in [-0.2, -0.15) is 0 Å². The summed E-state index contributed by atoms with van der Waals surface area (Å²) in [6.45, 7) is 2.53. The molecule has 0 aliphatic carbocycles. The first-order valence-electron chi connectivity index (χ1n) is 6.53. The van der Waals surface area contributed by atoms with E-state index in [-0.39, 0.29) is 11.3 Å². The Bertz CT molecular complexity index is 445. The summed E-state index contributed by atoms with van der Waals surface area (Å²) in [5, 5.41) is 6.07. The van der Waals surface area contributed by atoms with Gasteiger partial charge in [-0.3, -0.25) is 4.79 Å². The number of nitrogens with one attached hydrogen (secondary N) is 2. The maximum atomic E-state index is 13.7. The highest BCUT2D eigenvalue weighted by atomic mass is 19.1. The summed E-state index contributed by atoms with van der Waals surface area (Å²) in [4.78, 5) is 12.0. The Morgan fingerprint density at radius 3 is 2.89 bits per heavy atom. The minimum Gasteiger partial charge on any atom is -0.496 e. The van der Waals surface area contributed by atoms with Crippen LogP contribution in [0.2, 0.25) is 0 Å². The number of halogens is 1. The Morgan fingerprint density at radius 1 is 1.47 bits per heavy atom. The third-order valence-electron chi connectivity index (χ3n) is 3.43. The number of rotatable bonds is 4. The van der Waals surface area contributed by atoms with Crippen molar-refractivity contribution < 1.29 is 13.9 Å². The largest absolute Gasteiger partial charge is 0.496 e. The molecule has 4 nitrogen and oxygen atoms in total. The van der Waals surface area contributed by atoms with Crippen molar-refractivity contribution in [3.8, 4) is 5.75 Å². The third kappa shape index (κ3) is 3.44. The maximum Gasteiger partial charge on any atom is 0.258 e. The van der Waals surface area contributed by atoms with E-state index in [2.05, 4.69) is 10.6 Å². The zero-order valence-electron chi connectivity index (χ0n) is 11.0. The highest BCUT2D eigenvalue weighted by molar-refractivity contribution is 5.97. The van der Waals surface area contributed by atoms with Gasteiger partial charge in [0.2, 0.25) is 0 Å². The van der Waals surface area contributed by atoms with E-state index in [0.29, 0.717) is 12.5 Å². The number of carbonyl (C=O) groups is 1. The van der Waals surface area contributed by atoms with Crippen molar-refractivity contribution in [1.82, 2.24) is 10.6 Å². The standard InChI is InChI=1S/C14H19FN2O2/c1-19-12-4-2-3-11(15)13(12)14(18)17-9-10-5-7-16-8-6-10/h2-4,10,16H,5-9H2,1H3,(H,17,18). The van der Waals surface area contributed by atoms with Gasteiger partial charge in [0.1, 0.15) is 17.1 Å². The fourth-order valence-corrected chi connectivity index (χ4v) is 2.31. The van der Waals surface area contributed by atoms with E-state index in [1.54, 1.807) is 6.07 Å². The van der Waals surface area contributed by atoms with E-state index in [1.165, 1.54) is 19.2 Å². The van der Waals surface area contributed by atoms with Crippen LogP contribution in [-0.2, 0) is 0 Å². The lowest BCUT2D eigenvalue weighted by atomic mass is 9.98. The van der Waals surface area contributed by atoms with Crippen LogP contribution >= 0.6 is 0 Å². The number of hydrogen-bond acceptors (Lipinski definition) is 3. The topological polar surface area (TPSA) is 50.4 Å². The van der Waals surface area contributed by atoms with E-state index in [0.717, 1.165) is 25.9 Å². The molecule has 0 bridgehead atoms. The number of benzene rings is 1. The summed E-state index contributed by atoms with van der Waals surface area (Å²) in [5.41, 5.74) is -0.0149. The van der Waals surface area contributed by atoms with Crippen LogP contribution in [0.1, 0.15) is 23.2 Å². The van der Waals surface area contributed by atoms with Crippen LogP contribution in [0.15, 0.2) is 18.2 Å². The number of piperidine rings is 1. The fraction of sp³-hybridized carbons (Fsp3) is 0.500. The summed E-state index contributed by atoms with van der Waals surface area (Å²) < 4.78 is 18.7. The second-order valence-electron chi connectivity index (χ2n) is 4.72. The lowest BCUT2D eigenvalue weighted by Crippen LogP contribution is -2.36. The number of methoxy groups -OCH3 is 1. The second kappa shape index (κ2) is 6.52. The number of ether oxygens (including phenoxy) is 1. The molecule has 2 N–H and O–H groups in total. The number of amides is 1. The molecule has 1 aromatic carbocycles. The molecule has 0 aromatic heterocycles. The van der Waals surface area contributed by atoms with E-state index < -0.39 is 11.7 Å². The quantitative estimate of drug-likeness (QED) is 0.869. The lowest BCUT2D eigenvalue weighted by Gasteiger charge is -2.22. The molecule has 0 spiro atoms. The Kier molecular flexibility index (Phi) is 4.74. The Hall–Kier alpha value is -1.62. The van der Waals surface area contributed by atoms with Gasteiger partial charge in [-0.05, 0) is 44.0 Å². The summed E-state index contributed by atoms with van der Waals surface area (Å²) in [6.07, 6.45) is 2.07. The van der Waals surface area contributed by atoms with Crippen molar-refractivity contribution >= 4 is 5.91 Å². The van der Waals surface area contributed by atoms with Gasteiger partial charge in [0.05, 0.1) is 7.11 Å². The third-order valence-corrected chi connectivity index (χ3v) is 3.43. The van der Waals surface area contributed by atoms with Crippen molar-refractivity contribution in [3.63, 3.8) is 0 Å². The highest BCUT2D eigenvalue weighted by Crippen LogP contribution is 2.21. The molecule has 5 heteroatoms.